The molecule has 4 heteroatoms. The number of anilines is 1. The summed E-state index contributed by atoms with van der Waals surface area (Å²) in [5, 5.41) is 0. The average molecular weight is 369 g/mol. The van der Waals surface area contributed by atoms with E-state index in [0.717, 1.165) is 29.2 Å². The third-order valence-electron chi connectivity index (χ3n) is 5.42. The molecule has 0 unspecified atom stereocenters. The maximum absolute atomic E-state index is 5.65. The SMILES string of the molecule is CCOc1ccc([C@@H]2N(CC)c3ccccc3-c3nc4ccccc4n32)cc1. The minimum atomic E-state index is 0.0537. The molecule has 140 valence electrons. The number of nitrogens with zero attached hydrogens (tertiary/aromatic N) is 3. The van der Waals surface area contributed by atoms with Gasteiger partial charge in [0, 0.05) is 17.8 Å². The summed E-state index contributed by atoms with van der Waals surface area (Å²) in [5.74, 6) is 1.93. The van der Waals surface area contributed by atoms with Crippen molar-refractivity contribution in [1.82, 2.24) is 9.55 Å². The maximum Gasteiger partial charge on any atom is 0.145 e. The molecule has 5 rings (SSSR count). The zero-order valence-electron chi connectivity index (χ0n) is 16.2. The van der Waals surface area contributed by atoms with Crippen molar-refractivity contribution in [2.24, 2.45) is 0 Å². The molecule has 2 heterocycles. The number of hydrogen-bond donors (Lipinski definition) is 0. The lowest BCUT2D eigenvalue weighted by atomic mass is 10.0. The van der Waals surface area contributed by atoms with Crippen molar-refractivity contribution in [1.29, 1.82) is 0 Å². The molecule has 1 aliphatic rings. The molecule has 4 aromatic rings. The van der Waals surface area contributed by atoms with Gasteiger partial charge in [-0.1, -0.05) is 36.4 Å². The minimum absolute atomic E-state index is 0.0537. The lowest BCUT2D eigenvalue weighted by molar-refractivity contribution is 0.340. The number of hydrogen-bond acceptors (Lipinski definition) is 3. The highest BCUT2D eigenvalue weighted by Gasteiger charge is 2.33. The fraction of sp³-hybridized carbons (Fsp3) is 0.208. The molecule has 28 heavy (non-hydrogen) atoms. The van der Waals surface area contributed by atoms with Gasteiger partial charge in [0.25, 0.3) is 0 Å². The molecule has 0 amide bonds. The fourth-order valence-corrected chi connectivity index (χ4v) is 4.24. The summed E-state index contributed by atoms with van der Waals surface area (Å²) < 4.78 is 8.02. The molecule has 0 N–H and O–H groups in total. The van der Waals surface area contributed by atoms with Crippen LogP contribution >= 0.6 is 0 Å². The topological polar surface area (TPSA) is 30.3 Å². The van der Waals surface area contributed by atoms with Crippen molar-refractivity contribution in [2.45, 2.75) is 20.0 Å². The van der Waals surface area contributed by atoms with Gasteiger partial charge in [-0.3, -0.25) is 4.57 Å². The molecule has 0 saturated carbocycles. The van der Waals surface area contributed by atoms with Crippen molar-refractivity contribution in [3.8, 4) is 17.1 Å². The Morgan fingerprint density at radius 1 is 0.893 bits per heavy atom. The van der Waals surface area contributed by atoms with E-state index in [-0.39, 0.29) is 6.17 Å². The van der Waals surface area contributed by atoms with Crippen LogP contribution in [0.3, 0.4) is 0 Å². The normalized spacial score (nSPS) is 15.4. The largest absolute Gasteiger partial charge is 0.494 e. The van der Waals surface area contributed by atoms with Crippen molar-refractivity contribution in [2.75, 3.05) is 18.1 Å². The molecule has 0 spiro atoms. The van der Waals surface area contributed by atoms with Crippen LogP contribution in [0.1, 0.15) is 25.6 Å². The van der Waals surface area contributed by atoms with Crippen molar-refractivity contribution < 1.29 is 4.74 Å². The number of para-hydroxylation sites is 3. The van der Waals surface area contributed by atoms with Gasteiger partial charge in [-0.15, -0.1) is 0 Å². The van der Waals surface area contributed by atoms with Crippen LogP contribution in [-0.4, -0.2) is 22.7 Å². The van der Waals surface area contributed by atoms with Crippen LogP contribution in [0.25, 0.3) is 22.4 Å². The average Bonchev–Trinajstić information content (AvgIpc) is 3.13. The summed E-state index contributed by atoms with van der Waals surface area (Å²) in [6.45, 7) is 5.80. The number of ether oxygens (including phenoxy) is 1. The van der Waals surface area contributed by atoms with E-state index in [1.54, 1.807) is 0 Å². The Kier molecular flexibility index (Phi) is 4.05. The summed E-state index contributed by atoms with van der Waals surface area (Å²) in [7, 11) is 0. The van der Waals surface area contributed by atoms with Crippen LogP contribution in [0.4, 0.5) is 5.69 Å². The molecule has 0 fully saturated rings. The van der Waals surface area contributed by atoms with E-state index < -0.39 is 0 Å². The third kappa shape index (κ3) is 2.48. The van der Waals surface area contributed by atoms with Gasteiger partial charge in [0.05, 0.1) is 17.6 Å². The Hall–Kier alpha value is -3.27. The maximum atomic E-state index is 5.65. The number of fused-ring (bicyclic) bond motifs is 5. The summed E-state index contributed by atoms with van der Waals surface area (Å²) >= 11 is 0. The number of imidazole rings is 1. The van der Waals surface area contributed by atoms with Gasteiger partial charge in [-0.25, -0.2) is 4.98 Å². The fourth-order valence-electron chi connectivity index (χ4n) is 4.24. The first-order valence-electron chi connectivity index (χ1n) is 9.87. The van der Waals surface area contributed by atoms with E-state index in [9.17, 15) is 0 Å². The van der Waals surface area contributed by atoms with Crippen LogP contribution < -0.4 is 9.64 Å². The molecule has 1 aliphatic heterocycles. The first-order valence-corrected chi connectivity index (χ1v) is 9.87. The first kappa shape index (κ1) is 16.9. The summed E-state index contributed by atoms with van der Waals surface area (Å²) in [6, 6.07) is 25.4. The predicted octanol–water partition coefficient (Wildman–Crippen LogP) is 5.49. The Morgan fingerprint density at radius 2 is 1.64 bits per heavy atom. The Bertz CT molecular complexity index is 1130. The van der Waals surface area contributed by atoms with Crippen LogP contribution in [0, 0.1) is 0 Å². The summed E-state index contributed by atoms with van der Waals surface area (Å²) in [6.07, 6.45) is 0.0537. The number of rotatable bonds is 4. The van der Waals surface area contributed by atoms with Crippen LogP contribution in [0.15, 0.2) is 72.8 Å². The summed E-state index contributed by atoms with van der Waals surface area (Å²) in [5.41, 5.74) is 5.82. The van der Waals surface area contributed by atoms with E-state index in [0.29, 0.717) is 6.61 Å². The van der Waals surface area contributed by atoms with Gasteiger partial charge in [-0.05, 0) is 55.8 Å². The van der Waals surface area contributed by atoms with Gasteiger partial charge in [0.15, 0.2) is 0 Å². The van der Waals surface area contributed by atoms with Crippen molar-refractivity contribution >= 4 is 16.7 Å². The number of aromatic nitrogens is 2. The van der Waals surface area contributed by atoms with E-state index in [1.165, 1.54) is 16.8 Å². The molecular formula is C24H23N3O. The lowest BCUT2D eigenvalue weighted by Gasteiger charge is -2.40. The van der Waals surface area contributed by atoms with Gasteiger partial charge >= 0.3 is 0 Å². The van der Waals surface area contributed by atoms with Crippen molar-refractivity contribution in [3.05, 3.63) is 78.4 Å². The van der Waals surface area contributed by atoms with Crippen LogP contribution in [0.5, 0.6) is 5.75 Å². The number of benzene rings is 3. The Labute approximate surface area is 165 Å². The lowest BCUT2D eigenvalue weighted by Crippen LogP contribution is -2.37. The first-order chi connectivity index (χ1) is 13.8. The highest BCUT2D eigenvalue weighted by molar-refractivity contribution is 5.87. The molecule has 4 nitrogen and oxygen atoms in total. The highest BCUT2D eigenvalue weighted by atomic mass is 16.5. The molecule has 0 saturated heterocycles. The molecule has 0 aliphatic carbocycles. The highest BCUT2D eigenvalue weighted by Crippen LogP contribution is 2.44. The van der Waals surface area contributed by atoms with Crippen LogP contribution in [0.2, 0.25) is 0 Å². The van der Waals surface area contributed by atoms with Gasteiger partial charge in [-0.2, -0.15) is 0 Å². The molecule has 1 aromatic heterocycles. The quantitative estimate of drug-likeness (QED) is 0.476. The Morgan fingerprint density at radius 3 is 2.43 bits per heavy atom. The van der Waals surface area contributed by atoms with Gasteiger partial charge in [0.2, 0.25) is 0 Å². The smallest absolute Gasteiger partial charge is 0.145 e. The minimum Gasteiger partial charge on any atom is -0.494 e. The monoisotopic (exact) mass is 369 g/mol. The zero-order valence-corrected chi connectivity index (χ0v) is 16.2. The van der Waals surface area contributed by atoms with Crippen molar-refractivity contribution in [3.63, 3.8) is 0 Å². The second kappa shape index (κ2) is 6.71. The van der Waals surface area contributed by atoms with Gasteiger partial charge in [0.1, 0.15) is 17.7 Å². The zero-order chi connectivity index (χ0) is 19.1. The van der Waals surface area contributed by atoms with E-state index in [4.69, 9.17) is 9.72 Å². The molecule has 3 aromatic carbocycles. The van der Waals surface area contributed by atoms with Crippen LogP contribution in [-0.2, 0) is 0 Å². The predicted molar refractivity (Wildman–Crippen MR) is 114 cm³/mol. The van der Waals surface area contributed by atoms with E-state index >= 15 is 0 Å². The molecule has 1 atom stereocenters. The standard InChI is InChI=1S/C24H23N3O/c1-3-26-21-11-7-5-9-19(21)23-25-20-10-6-8-12-22(20)27(23)24(26)17-13-15-18(16-14-17)28-4-2/h5-16,24H,3-4H2,1-2H3/t24-/m1/s1. The second-order valence-electron chi connectivity index (χ2n) is 6.97. The molecule has 0 radical (unpaired) electrons. The third-order valence-corrected chi connectivity index (χ3v) is 5.42. The van der Waals surface area contributed by atoms with Gasteiger partial charge < -0.3 is 9.64 Å². The molecular weight excluding hydrogens is 346 g/mol. The second-order valence-corrected chi connectivity index (χ2v) is 6.97. The summed E-state index contributed by atoms with van der Waals surface area (Å²) in [4.78, 5) is 7.45. The molecule has 0 bridgehead atoms. The van der Waals surface area contributed by atoms with E-state index in [2.05, 4.69) is 89.2 Å². The Balaban J connectivity index is 1.77. The van der Waals surface area contributed by atoms with E-state index in [1.807, 2.05) is 6.92 Å².